The van der Waals surface area contributed by atoms with Crippen LogP contribution in [0.25, 0.3) is 23.0 Å². The minimum Gasteiger partial charge on any atom is -0.398 e. The summed E-state index contributed by atoms with van der Waals surface area (Å²) in [4.78, 5) is 8.39. The Morgan fingerprint density at radius 1 is 1.24 bits per heavy atom. The fourth-order valence-corrected chi connectivity index (χ4v) is 1.98. The molecule has 2 aromatic heterocycles. The molecular weight excluding hydrogens is 236 g/mol. The number of nitrogen functional groups attached to an aromatic ring is 1. The van der Waals surface area contributed by atoms with Crippen LogP contribution in [0.4, 0.5) is 5.69 Å². The lowest BCUT2D eigenvalue weighted by molar-refractivity contribution is 0.432. The third kappa shape index (κ3) is 1.78. The number of nitrogens with zero attached hydrogens (tertiary/aromatic N) is 3. The van der Waals surface area contributed by atoms with Gasteiger partial charge in [0.2, 0.25) is 5.82 Å². The molecule has 0 aliphatic rings. The largest absolute Gasteiger partial charge is 0.398 e. The maximum atomic E-state index is 5.84. The number of hydrogen-bond acceptors (Lipinski definition) is 6. The molecule has 0 aliphatic heterocycles. The zero-order valence-electron chi connectivity index (χ0n) is 8.70. The van der Waals surface area contributed by atoms with Crippen LogP contribution in [0.15, 0.2) is 39.7 Å². The molecule has 3 aromatic rings. The lowest BCUT2D eigenvalue weighted by Crippen LogP contribution is -1.89. The van der Waals surface area contributed by atoms with Crippen LogP contribution in [-0.4, -0.2) is 15.1 Å². The fraction of sp³-hybridized carbons (Fsp3) is 0. The van der Waals surface area contributed by atoms with Gasteiger partial charge in [0.1, 0.15) is 5.69 Å². The second-order valence-electron chi connectivity index (χ2n) is 3.38. The number of thiazole rings is 1. The molecule has 2 N–H and O–H groups in total. The molecule has 3 rings (SSSR count). The van der Waals surface area contributed by atoms with Crippen LogP contribution in [0.3, 0.4) is 0 Å². The van der Waals surface area contributed by atoms with Gasteiger partial charge in [-0.15, -0.1) is 11.3 Å². The first-order chi connectivity index (χ1) is 8.34. The second-order valence-corrected chi connectivity index (χ2v) is 4.10. The Hall–Kier alpha value is -2.21. The van der Waals surface area contributed by atoms with E-state index >= 15 is 0 Å². The lowest BCUT2D eigenvalue weighted by atomic mass is 10.2. The van der Waals surface area contributed by atoms with E-state index in [0.29, 0.717) is 23.1 Å². The Labute approximate surface area is 101 Å². The quantitative estimate of drug-likeness (QED) is 0.700. The Balaban J connectivity index is 2.04. The zero-order chi connectivity index (χ0) is 11.7. The highest BCUT2D eigenvalue weighted by Crippen LogP contribution is 2.26. The van der Waals surface area contributed by atoms with Crippen molar-refractivity contribution in [1.82, 2.24) is 15.1 Å². The van der Waals surface area contributed by atoms with Gasteiger partial charge in [0.05, 0.1) is 11.1 Å². The van der Waals surface area contributed by atoms with Crippen molar-refractivity contribution in [3.05, 3.63) is 35.2 Å². The number of anilines is 1. The van der Waals surface area contributed by atoms with Crippen LogP contribution in [0.2, 0.25) is 0 Å². The number of nitrogens with two attached hydrogens (primary N) is 1. The van der Waals surface area contributed by atoms with Gasteiger partial charge in [-0.3, -0.25) is 0 Å². The highest BCUT2D eigenvalue weighted by atomic mass is 32.1. The van der Waals surface area contributed by atoms with Gasteiger partial charge in [-0.1, -0.05) is 17.3 Å². The predicted molar refractivity (Wildman–Crippen MR) is 65.3 cm³/mol. The van der Waals surface area contributed by atoms with E-state index in [1.807, 2.05) is 23.6 Å². The summed E-state index contributed by atoms with van der Waals surface area (Å²) < 4.78 is 5.18. The second kappa shape index (κ2) is 3.99. The molecule has 0 fully saturated rings. The normalized spacial score (nSPS) is 10.6. The van der Waals surface area contributed by atoms with Gasteiger partial charge >= 0.3 is 0 Å². The first-order valence-corrected chi connectivity index (χ1v) is 5.86. The zero-order valence-corrected chi connectivity index (χ0v) is 9.52. The van der Waals surface area contributed by atoms with E-state index in [-0.39, 0.29) is 0 Å². The molecule has 1 aromatic carbocycles. The van der Waals surface area contributed by atoms with E-state index in [4.69, 9.17) is 10.3 Å². The molecule has 0 aliphatic carbocycles. The van der Waals surface area contributed by atoms with Crippen molar-refractivity contribution in [2.75, 3.05) is 5.73 Å². The van der Waals surface area contributed by atoms with Crippen LogP contribution < -0.4 is 5.73 Å². The van der Waals surface area contributed by atoms with Crippen LogP contribution in [0.5, 0.6) is 0 Å². The van der Waals surface area contributed by atoms with E-state index in [2.05, 4.69) is 15.1 Å². The summed E-state index contributed by atoms with van der Waals surface area (Å²) in [5.74, 6) is 0.885. The highest BCUT2D eigenvalue weighted by molar-refractivity contribution is 7.07. The highest BCUT2D eigenvalue weighted by Gasteiger charge is 2.13. The molecule has 0 spiro atoms. The molecule has 0 unspecified atom stereocenters. The van der Waals surface area contributed by atoms with Crippen molar-refractivity contribution >= 4 is 17.0 Å². The molecular formula is C11H8N4OS. The number of aromatic nitrogens is 3. The number of rotatable bonds is 2. The van der Waals surface area contributed by atoms with Crippen LogP contribution in [-0.2, 0) is 0 Å². The van der Waals surface area contributed by atoms with Crippen molar-refractivity contribution in [3.8, 4) is 23.0 Å². The molecule has 0 radical (unpaired) electrons. The van der Waals surface area contributed by atoms with Crippen molar-refractivity contribution < 1.29 is 4.52 Å². The molecule has 0 amide bonds. The monoisotopic (exact) mass is 244 g/mol. The molecule has 0 saturated heterocycles. The maximum Gasteiger partial charge on any atom is 0.260 e. The molecule has 17 heavy (non-hydrogen) atoms. The first kappa shape index (κ1) is 9.98. The smallest absolute Gasteiger partial charge is 0.260 e. The van der Waals surface area contributed by atoms with E-state index in [1.165, 1.54) is 11.3 Å². The fourth-order valence-electron chi connectivity index (χ4n) is 1.45. The maximum absolute atomic E-state index is 5.84. The molecule has 0 saturated carbocycles. The summed E-state index contributed by atoms with van der Waals surface area (Å²) in [5.41, 5.74) is 9.62. The molecule has 6 heteroatoms. The van der Waals surface area contributed by atoms with Gasteiger partial charge in [0.25, 0.3) is 5.89 Å². The van der Waals surface area contributed by atoms with Crippen LogP contribution in [0.1, 0.15) is 0 Å². The van der Waals surface area contributed by atoms with Gasteiger partial charge in [-0.25, -0.2) is 4.98 Å². The van der Waals surface area contributed by atoms with Crippen molar-refractivity contribution in [1.29, 1.82) is 0 Å². The van der Waals surface area contributed by atoms with Crippen molar-refractivity contribution in [2.24, 2.45) is 0 Å². The summed E-state index contributed by atoms with van der Waals surface area (Å²) in [7, 11) is 0. The Kier molecular flexibility index (Phi) is 2.34. The summed E-state index contributed by atoms with van der Waals surface area (Å²) >= 11 is 1.49. The average Bonchev–Trinajstić information content (AvgIpc) is 3.00. The standard InChI is InChI=1S/C11H8N4OS/c12-8-4-2-1-3-7(8)11-14-10(15-16-11)9-5-17-6-13-9/h1-6H,12H2. The third-order valence-corrected chi connectivity index (χ3v) is 2.87. The van der Waals surface area contributed by atoms with Gasteiger partial charge in [0.15, 0.2) is 0 Å². The molecule has 0 bridgehead atoms. The van der Waals surface area contributed by atoms with Crippen LogP contribution >= 0.6 is 11.3 Å². The minimum atomic E-state index is 0.408. The van der Waals surface area contributed by atoms with Gasteiger partial charge in [-0.2, -0.15) is 4.98 Å². The Morgan fingerprint density at radius 3 is 2.88 bits per heavy atom. The van der Waals surface area contributed by atoms with E-state index in [0.717, 1.165) is 5.56 Å². The predicted octanol–water partition coefficient (Wildman–Crippen LogP) is 2.44. The number of para-hydroxylation sites is 1. The molecule has 84 valence electrons. The van der Waals surface area contributed by atoms with E-state index in [1.54, 1.807) is 11.6 Å². The molecule has 2 heterocycles. The average molecular weight is 244 g/mol. The summed E-state index contributed by atoms with van der Waals surface area (Å²) in [6.45, 7) is 0. The number of hydrogen-bond donors (Lipinski definition) is 1. The summed E-state index contributed by atoms with van der Waals surface area (Å²) in [6.07, 6.45) is 0. The summed E-state index contributed by atoms with van der Waals surface area (Å²) in [5, 5.41) is 5.74. The van der Waals surface area contributed by atoms with Gasteiger partial charge in [-0.05, 0) is 12.1 Å². The Bertz CT molecular complexity index is 632. The van der Waals surface area contributed by atoms with Crippen LogP contribution in [0, 0.1) is 0 Å². The minimum absolute atomic E-state index is 0.408. The topological polar surface area (TPSA) is 77.8 Å². The lowest BCUT2D eigenvalue weighted by Gasteiger charge is -1.97. The van der Waals surface area contributed by atoms with Crippen molar-refractivity contribution in [3.63, 3.8) is 0 Å². The molecule has 5 nitrogen and oxygen atoms in total. The van der Waals surface area contributed by atoms with E-state index < -0.39 is 0 Å². The number of benzene rings is 1. The SMILES string of the molecule is Nc1ccccc1-c1nc(-c2cscn2)no1. The van der Waals surface area contributed by atoms with E-state index in [9.17, 15) is 0 Å². The Morgan fingerprint density at radius 2 is 2.12 bits per heavy atom. The van der Waals surface area contributed by atoms with Gasteiger partial charge in [0, 0.05) is 11.1 Å². The first-order valence-electron chi connectivity index (χ1n) is 4.92. The van der Waals surface area contributed by atoms with Gasteiger partial charge < -0.3 is 10.3 Å². The third-order valence-electron chi connectivity index (χ3n) is 2.28. The van der Waals surface area contributed by atoms with Crippen molar-refractivity contribution in [2.45, 2.75) is 0 Å². The molecule has 0 atom stereocenters. The summed E-state index contributed by atoms with van der Waals surface area (Å²) in [6, 6.07) is 7.37.